The third-order valence-electron chi connectivity index (χ3n) is 3.58. The van der Waals surface area contributed by atoms with Crippen molar-refractivity contribution < 1.29 is 18.7 Å². The number of rotatable bonds is 2. The number of carboxylic acid groups (broad SMARTS) is 1. The number of halogens is 2. The number of allylic oxidation sites excluding steroid dienone is 1. The molecular weight excluding hydrogens is 292 g/mol. The molecule has 0 aliphatic heterocycles. The molecule has 1 aliphatic carbocycles. The second-order valence-corrected chi connectivity index (χ2v) is 4.95. The van der Waals surface area contributed by atoms with Gasteiger partial charge < -0.3 is 9.67 Å². The third-order valence-corrected chi connectivity index (χ3v) is 3.58. The number of fused-ring (bicyclic) bond motifs is 1. The van der Waals surface area contributed by atoms with Crippen molar-refractivity contribution in [1.82, 2.24) is 4.57 Å². The fourth-order valence-electron chi connectivity index (χ4n) is 2.55. The minimum atomic E-state index is -1.38. The van der Waals surface area contributed by atoms with Crippen LogP contribution in [-0.2, 0) is 6.42 Å². The first-order valence-electron chi connectivity index (χ1n) is 6.63. The van der Waals surface area contributed by atoms with Gasteiger partial charge in [-0.2, -0.15) is 0 Å². The molecule has 0 spiro atoms. The second kappa shape index (κ2) is 5.22. The maximum Gasteiger partial charge on any atom is 0.341 e. The van der Waals surface area contributed by atoms with Gasteiger partial charge in [0.2, 0.25) is 0 Å². The maximum absolute atomic E-state index is 14.0. The number of carbonyl (C=O) groups is 1. The molecule has 0 radical (unpaired) electrons. The van der Waals surface area contributed by atoms with E-state index in [-0.39, 0.29) is 5.69 Å². The van der Waals surface area contributed by atoms with Crippen LogP contribution in [-0.4, -0.2) is 15.6 Å². The molecule has 1 heterocycles. The van der Waals surface area contributed by atoms with Gasteiger partial charge in [0.15, 0.2) is 5.43 Å². The summed E-state index contributed by atoms with van der Waals surface area (Å²) in [6.07, 6.45) is 5.54. The Labute approximate surface area is 123 Å². The van der Waals surface area contributed by atoms with Crippen molar-refractivity contribution in [2.45, 2.75) is 12.8 Å². The summed E-state index contributed by atoms with van der Waals surface area (Å²) in [6.45, 7) is 0. The molecule has 22 heavy (non-hydrogen) atoms. The van der Waals surface area contributed by atoms with Crippen LogP contribution < -0.4 is 5.43 Å². The number of benzene rings is 1. The average molecular weight is 303 g/mol. The Morgan fingerprint density at radius 3 is 2.73 bits per heavy atom. The van der Waals surface area contributed by atoms with E-state index < -0.39 is 28.6 Å². The van der Waals surface area contributed by atoms with Crippen molar-refractivity contribution in [3.63, 3.8) is 0 Å². The van der Waals surface area contributed by atoms with E-state index >= 15 is 0 Å². The van der Waals surface area contributed by atoms with Crippen molar-refractivity contribution >= 4 is 12.0 Å². The van der Waals surface area contributed by atoms with Gasteiger partial charge in [-0.25, -0.2) is 13.6 Å². The molecule has 2 aromatic rings. The molecular formula is C16H11F2NO3. The molecule has 6 heteroatoms. The van der Waals surface area contributed by atoms with Crippen LogP contribution in [0.4, 0.5) is 8.78 Å². The predicted molar refractivity (Wildman–Crippen MR) is 76.3 cm³/mol. The van der Waals surface area contributed by atoms with Crippen LogP contribution in [0, 0.1) is 11.6 Å². The number of nitrogens with zero attached hydrogens (tertiary/aromatic N) is 1. The Morgan fingerprint density at radius 1 is 1.27 bits per heavy atom. The largest absolute Gasteiger partial charge is 0.477 e. The molecule has 4 nitrogen and oxygen atoms in total. The molecule has 0 unspecified atom stereocenters. The lowest BCUT2D eigenvalue weighted by Gasteiger charge is -2.19. The lowest BCUT2D eigenvalue weighted by Crippen LogP contribution is -2.25. The molecule has 1 aromatic heterocycles. The molecule has 0 fully saturated rings. The zero-order valence-electron chi connectivity index (χ0n) is 11.3. The summed E-state index contributed by atoms with van der Waals surface area (Å²) in [7, 11) is 0. The SMILES string of the molecule is O=C(O)c1cn(-c2ccc(F)cc2F)c2c(c1=O)CCC=C2. The van der Waals surface area contributed by atoms with Gasteiger partial charge in [0.05, 0.1) is 11.4 Å². The number of hydrogen-bond donors (Lipinski definition) is 1. The molecule has 0 saturated heterocycles. The first-order valence-corrected chi connectivity index (χ1v) is 6.63. The Bertz CT molecular complexity index is 868. The number of pyridine rings is 1. The van der Waals surface area contributed by atoms with E-state index in [4.69, 9.17) is 5.11 Å². The first-order chi connectivity index (χ1) is 10.5. The van der Waals surface area contributed by atoms with Gasteiger partial charge in [0, 0.05) is 17.8 Å². The predicted octanol–water partition coefficient (Wildman–Crippen LogP) is 2.77. The number of aromatic nitrogens is 1. The van der Waals surface area contributed by atoms with E-state index in [0.717, 1.165) is 12.3 Å². The summed E-state index contributed by atoms with van der Waals surface area (Å²) in [5, 5.41) is 9.17. The maximum atomic E-state index is 14.0. The highest BCUT2D eigenvalue weighted by Gasteiger charge is 2.21. The molecule has 0 saturated carbocycles. The zero-order chi connectivity index (χ0) is 15.9. The number of aromatic carboxylic acids is 1. The van der Waals surface area contributed by atoms with E-state index in [1.807, 2.05) is 6.08 Å². The highest BCUT2D eigenvalue weighted by molar-refractivity contribution is 5.88. The lowest BCUT2D eigenvalue weighted by molar-refractivity contribution is 0.0694. The molecule has 1 N–H and O–H groups in total. The number of hydrogen-bond acceptors (Lipinski definition) is 2. The molecule has 1 aromatic carbocycles. The van der Waals surface area contributed by atoms with Gasteiger partial charge in [0.1, 0.15) is 17.2 Å². The topological polar surface area (TPSA) is 59.3 Å². The minimum absolute atomic E-state index is 0.00769. The molecule has 0 amide bonds. The molecule has 0 atom stereocenters. The summed E-state index contributed by atoms with van der Waals surface area (Å²) in [4.78, 5) is 23.4. The standard InChI is InChI=1S/C16H11F2NO3/c17-9-5-6-14(12(18)7-9)19-8-11(16(21)22)15(20)10-3-1-2-4-13(10)19/h2,4-8H,1,3H2,(H,21,22). The van der Waals surface area contributed by atoms with Crippen LogP contribution in [0.1, 0.15) is 28.0 Å². The summed E-state index contributed by atoms with van der Waals surface area (Å²) in [6, 6.07) is 3.01. The van der Waals surface area contributed by atoms with E-state index in [0.29, 0.717) is 30.2 Å². The number of carboxylic acids is 1. The smallest absolute Gasteiger partial charge is 0.341 e. The van der Waals surface area contributed by atoms with Crippen LogP contribution in [0.2, 0.25) is 0 Å². The van der Waals surface area contributed by atoms with Crippen molar-refractivity contribution in [3.05, 3.63) is 69.2 Å². The average Bonchev–Trinajstić information content (AvgIpc) is 2.48. The Balaban J connectivity index is 2.36. The van der Waals surface area contributed by atoms with Gasteiger partial charge in [-0.15, -0.1) is 0 Å². The quantitative estimate of drug-likeness (QED) is 0.928. The van der Waals surface area contributed by atoms with Crippen LogP contribution in [0.5, 0.6) is 0 Å². The normalized spacial score (nSPS) is 13.0. The van der Waals surface area contributed by atoms with E-state index in [2.05, 4.69) is 0 Å². The Kier molecular flexibility index (Phi) is 3.36. The minimum Gasteiger partial charge on any atom is -0.477 e. The monoisotopic (exact) mass is 303 g/mol. The van der Waals surface area contributed by atoms with Gasteiger partial charge in [0.25, 0.3) is 0 Å². The zero-order valence-corrected chi connectivity index (χ0v) is 11.3. The summed E-state index contributed by atoms with van der Waals surface area (Å²) < 4.78 is 28.4. The van der Waals surface area contributed by atoms with Gasteiger partial charge >= 0.3 is 5.97 Å². The highest BCUT2D eigenvalue weighted by Crippen LogP contribution is 2.23. The molecule has 1 aliphatic rings. The highest BCUT2D eigenvalue weighted by atomic mass is 19.1. The lowest BCUT2D eigenvalue weighted by atomic mass is 9.99. The first kappa shape index (κ1) is 14.2. The third kappa shape index (κ3) is 2.22. The van der Waals surface area contributed by atoms with Gasteiger partial charge in [-0.05, 0) is 31.1 Å². The fraction of sp³-hybridized carbons (Fsp3) is 0.125. The van der Waals surface area contributed by atoms with Crippen LogP contribution >= 0.6 is 0 Å². The van der Waals surface area contributed by atoms with Crippen molar-refractivity contribution in [2.24, 2.45) is 0 Å². The van der Waals surface area contributed by atoms with E-state index in [1.165, 1.54) is 10.6 Å². The van der Waals surface area contributed by atoms with Crippen LogP contribution in [0.3, 0.4) is 0 Å². The molecule has 112 valence electrons. The summed E-state index contributed by atoms with van der Waals surface area (Å²) in [5.74, 6) is -2.94. The van der Waals surface area contributed by atoms with Crippen LogP contribution in [0.25, 0.3) is 11.8 Å². The Morgan fingerprint density at radius 2 is 2.05 bits per heavy atom. The van der Waals surface area contributed by atoms with E-state index in [9.17, 15) is 18.4 Å². The van der Waals surface area contributed by atoms with Crippen molar-refractivity contribution in [1.29, 1.82) is 0 Å². The molecule has 0 bridgehead atoms. The molecule has 3 rings (SSSR count). The second-order valence-electron chi connectivity index (χ2n) is 4.95. The van der Waals surface area contributed by atoms with E-state index in [1.54, 1.807) is 6.08 Å². The van der Waals surface area contributed by atoms with Gasteiger partial charge in [-0.1, -0.05) is 6.08 Å². The summed E-state index contributed by atoms with van der Waals surface area (Å²) >= 11 is 0. The fourth-order valence-corrected chi connectivity index (χ4v) is 2.55. The van der Waals surface area contributed by atoms with Crippen LogP contribution in [0.15, 0.2) is 35.3 Å². The van der Waals surface area contributed by atoms with Gasteiger partial charge in [-0.3, -0.25) is 4.79 Å². The van der Waals surface area contributed by atoms with Crippen molar-refractivity contribution in [2.75, 3.05) is 0 Å². The van der Waals surface area contributed by atoms with Crippen molar-refractivity contribution in [3.8, 4) is 5.69 Å². The summed E-state index contributed by atoms with van der Waals surface area (Å²) in [5.41, 5.74) is -0.257. The Hall–Kier alpha value is -2.76.